The molecule has 2 amide bonds. The van der Waals surface area contributed by atoms with Crippen molar-refractivity contribution < 1.29 is 23.1 Å². The van der Waals surface area contributed by atoms with E-state index in [1.54, 1.807) is 29.2 Å². The van der Waals surface area contributed by atoms with E-state index < -0.39 is 17.5 Å². The molecule has 1 heterocycles. The third-order valence-corrected chi connectivity index (χ3v) is 4.57. The topological polar surface area (TPSA) is 49.9 Å². The van der Waals surface area contributed by atoms with Gasteiger partial charge in [0.1, 0.15) is 17.4 Å². The van der Waals surface area contributed by atoms with Crippen molar-refractivity contribution in [2.75, 3.05) is 33.3 Å². The summed E-state index contributed by atoms with van der Waals surface area (Å²) in [5.41, 5.74) is 0.297. The van der Waals surface area contributed by atoms with Crippen LogP contribution in [0.4, 0.5) is 8.78 Å². The molecule has 0 aromatic heterocycles. The second-order valence-electron chi connectivity index (χ2n) is 6.26. The van der Waals surface area contributed by atoms with Gasteiger partial charge in [-0.25, -0.2) is 8.78 Å². The van der Waals surface area contributed by atoms with Crippen molar-refractivity contribution in [1.82, 2.24) is 9.80 Å². The van der Waals surface area contributed by atoms with Crippen molar-refractivity contribution in [2.24, 2.45) is 0 Å². The standard InChI is InChI=1S/C20H20F2N2O3/c1-27-18-6-3-2-5-16(18)20(26)24-10-4-9-23(11-12-24)19(25)15-8-7-14(21)13-17(15)22/h2-3,5-8,13H,4,9-12H2,1H3. The molecule has 5 nitrogen and oxygen atoms in total. The molecule has 142 valence electrons. The van der Waals surface area contributed by atoms with Gasteiger partial charge in [-0.3, -0.25) is 9.59 Å². The molecule has 0 radical (unpaired) electrons. The molecular formula is C20H20F2N2O3. The maximum Gasteiger partial charge on any atom is 0.257 e. The van der Waals surface area contributed by atoms with Gasteiger partial charge >= 0.3 is 0 Å². The molecule has 0 bridgehead atoms. The van der Waals surface area contributed by atoms with Gasteiger partial charge in [0, 0.05) is 32.2 Å². The second-order valence-corrected chi connectivity index (χ2v) is 6.26. The number of methoxy groups -OCH3 is 1. The van der Waals surface area contributed by atoms with Gasteiger partial charge in [-0.15, -0.1) is 0 Å². The number of halogens is 2. The van der Waals surface area contributed by atoms with Crippen LogP contribution in [0.15, 0.2) is 42.5 Å². The van der Waals surface area contributed by atoms with E-state index in [1.807, 2.05) is 0 Å². The Balaban J connectivity index is 1.72. The Morgan fingerprint density at radius 2 is 1.52 bits per heavy atom. The first-order chi connectivity index (χ1) is 13.0. The number of amides is 2. The van der Waals surface area contributed by atoms with Gasteiger partial charge in [-0.1, -0.05) is 12.1 Å². The summed E-state index contributed by atoms with van der Waals surface area (Å²) < 4.78 is 32.2. The fourth-order valence-corrected chi connectivity index (χ4v) is 3.15. The molecule has 0 N–H and O–H groups in total. The summed E-state index contributed by atoms with van der Waals surface area (Å²) in [6, 6.07) is 9.88. The zero-order valence-corrected chi connectivity index (χ0v) is 15.0. The van der Waals surface area contributed by atoms with E-state index in [9.17, 15) is 18.4 Å². The summed E-state index contributed by atoms with van der Waals surface area (Å²) in [6.07, 6.45) is 0.565. The lowest BCUT2D eigenvalue weighted by atomic mass is 10.1. The zero-order chi connectivity index (χ0) is 19.4. The minimum absolute atomic E-state index is 0.166. The average Bonchev–Trinajstić information content (AvgIpc) is 2.93. The Morgan fingerprint density at radius 1 is 0.889 bits per heavy atom. The number of carbonyl (C=O) groups is 2. The van der Waals surface area contributed by atoms with Gasteiger partial charge < -0.3 is 14.5 Å². The van der Waals surface area contributed by atoms with Crippen LogP contribution in [0.25, 0.3) is 0 Å². The van der Waals surface area contributed by atoms with Crippen LogP contribution in [0.2, 0.25) is 0 Å². The third kappa shape index (κ3) is 4.07. The average molecular weight is 374 g/mol. The van der Waals surface area contributed by atoms with Crippen molar-refractivity contribution in [1.29, 1.82) is 0 Å². The number of hydrogen-bond acceptors (Lipinski definition) is 3. The van der Waals surface area contributed by atoms with Crippen LogP contribution in [0.1, 0.15) is 27.1 Å². The van der Waals surface area contributed by atoms with Crippen LogP contribution in [0.3, 0.4) is 0 Å². The molecule has 0 spiro atoms. The molecule has 0 unspecified atom stereocenters. The second kappa shape index (κ2) is 8.16. The first-order valence-corrected chi connectivity index (χ1v) is 8.68. The molecular weight excluding hydrogens is 354 g/mol. The first-order valence-electron chi connectivity index (χ1n) is 8.68. The maximum absolute atomic E-state index is 13.9. The van der Waals surface area contributed by atoms with Crippen LogP contribution in [-0.2, 0) is 0 Å². The fraction of sp³-hybridized carbons (Fsp3) is 0.300. The van der Waals surface area contributed by atoms with Gasteiger partial charge in [0.15, 0.2) is 0 Å². The van der Waals surface area contributed by atoms with Crippen molar-refractivity contribution >= 4 is 11.8 Å². The number of hydrogen-bond donors (Lipinski definition) is 0. The summed E-state index contributed by atoms with van der Waals surface area (Å²) in [4.78, 5) is 28.5. The molecule has 2 aromatic carbocycles. The minimum Gasteiger partial charge on any atom is -0.496 e. The van der Waals surface area contributed by atoms with Crippen LogP contribution >= 0.6 is 0 Å². The quantitative estimate of drug-likeness (QED) is 0.830. The lowest BCUT2D eigenvalue weighted by Crippen LogP contribution is -2.37. The van der Waals surface area contributed by atoms with Crippen LogP contribution < -0.4 is 4.74 Å². The molecule has 0 atom stereocenters. The van der Waals surface area contributed by atoms with Crippen molar-refractivity contribution in [3.8, 4) is 5.75 Å². The lowest BCUT2D eigenvalue weighted by Gasteiger charge is -2.23. The highest BCUT2D eigenvalue weighted by atomic mass is 19.1. The highest BCUT2D eigenvalue weighted by molar-refractivity contribution is 5.97. The number of rotatable bonds is 3. The minimum atomic E-state index is -0.883. The van der Waals surface area contributed by atoms with Crippen molar-refractivity contribution in [3.05, 3.63) is 65.2 Å². The number of benzene rings is 2. The number of carbonyl (C=O) groups excluding carboxylic acids is 2. The summed E-state index contributed by atoms with van der Waals surface area (Å²) in [5, 5.41) is 0. The van der Waals surface area contributed by atoms with Crippen LogP contribution in [0.5, 0.6) is 5.75 Å². The fourth-order valence-electron chi connectivity index (χ4n) is 3.15. The van der Waals surface area contributed by atoms with Gasteiger partial charge in [0.2, 0.25) is 0 Å². The molecule has 0 saturated carbocycles. The number of ether oxygens (including phenoxy) is 1. The van der Waals surface area contributed by atoms with Crippen LogP contribution in [-0.4, -0.2) is 54.9 Å². The molecule has 0 aliphatic carbocycles. The van der Waals surface area contributed by atoms with Gasteiger partial charge in [-0.05, 0) is 30.7 Å². The van der Waals surface area contributed by atoms with E-state index in [2.05, 4.69) is 0 Å². The Hall–Kier alpha value is -2.96. The Morgan fingerprint density at radius 3 is 2.15 bits per heavy atom. The predicted octanol–water partition coefficient (Wildman–Crippen LogP) is 2.96. The molecule has 1 saturated heterocycles. The lowest BCUT2D eigenvalue weighted by molar-refractivity contribution is 0.0714. The largest absolute Gasteiger partial charge is 0.496 e. The first kappa shape index (κ1) is 18.8. The van der Waals surface area contributed by atoms with Gasteiger partial charge in [0.25, 0.3) is 11.8 Å². The van der Waals surface area contributed by atoms with E-state index in [4.69, 9.17) is 4.74 Å². The van der Waals surface area contributed by atoms with Crippen LogP contribution in [0, 0.1) is 11.6 Å². The summed E-state index contributed by atoms with van der Waals surface area (Å²) in [7, 11) is 1.51. The monoisotopic (exact) mass is 374 g/mol. The Bertz CT molecular complexity index is 857. The SMILES string of the molecule is COc1ccccc1C(=O)N1CCCN(C(=O)c2ccc(F)cc2F)CC1. The van der Waals surface area contributed by atoms with E-state index in [0.717, 1.165) is 12.1 Å². The molecule has 7 heteroatoms. The van der Waals surface area contributed by atoms with Crippen molar-refractivity contribution in [3.63, 3.8) is 0 Å². The number of nitrogens with zero attached hydrogens (tertiary/aromatic N) is 2. The van der Waals surface area contributed by atoms with Gasteiger partial charge in [0.05, 0.1) is 18.2 Å². The van der Waals surface area contributed by atoms with E-state index in [1.165, 1.54) is 12.0 Å². The van der Waals surface area contributed by atoms with E-state index in [0.29, 0.717) is 43.4 Å². The smallest absolute Gasteiger partial charge is 0.257 e. The predicted molar refractivity (Wildman–Crippen MR) is 95.8 cm³/mol. The number of para-hydroxylation sites is 1. The molecule has 1 fully saturated rings. The molecule has 2 aromatic rings. The third-order valence-electron chi connectivity index (χ3n) is 4.57. The summed E-state index contributed by atoms with van der Waals surface area (Å²) in [6.45, 7) is 1.47. The highest BCUT2D eigenvalue weighted by Crippen LogP contribution is 2.21. The summed E-state index contributed by atoms with van der Waals surface area (Å²) >= 11 is 0. The Kier molecular flexibility index (Phi) is 5.69. The molecule has 27 heavy (non-hydrogen) atoms. The molecule has 1 aliphatic heterocycles. The summed E-state index contributed by atoms with van der Waals surface area (Å²) in [5.74, 6) is -1.79. The zero-order valence-electron chi connectivity index (χ0n) is 15.0. The maximum atomic E-state index is 13.9. The highest BCUT2D eigenvalue weighted by Gasteiger charge is 2.26. The molecule has 3 rings (SSSR count). The van der Waals surface area contributed by atoms with E-state index in [-0.39, 0.29) is 18.0 Å². The van der Waals surface area contributed by atoms with Gasteiger partial charge in [-0.2, -0.15) is 0 Å². The van der Waals surface area contributed by atoms with Crippen molar-refractivity contribution in [2.45, 2.75) is 6.42 Å². The van der Waals surface area contributed by atoms with E-state index >= 15 is 0 Å². The normalized spacial score (nSPS) is 14.6. The Labute approximate surface area is 156 Å². The molecule has 1 aliphatic rings.